The van der Waals surface area contributed by atoms with Crippen molar-refractivity contribution in [2.24, 2.45) is 5.92 Å². The Morgan fingerprint density at radius 3 is 2.31 bits per heavy atom. The first-order valence-corrected chi connectivity index (χ1v) is 6.39. The Labute approximate surface area is 83.5 Å². The predicted octanol–water partition coefficient (Wildman–Crippen LogP) is 0.217. The van der Waals surface area contributed by atoms with Gasteiger partial charge in [0.05, 0.1) is 0 Å². The number of rotatable bonds is 3. The topological polar surface area (TPSA) is 57.6 Å². The van der Waals surface area contributed by atoms with Gasteiger partial charge in [-0.3, -0.25) is 0 Å². The molecule has 0 spiro atoms. The number of piperidine rings is 1. The molecule has 1 fully saturated rings. The lowest BCUT2D eigenvalue weighted by Gasteiger charge is -2.29. The summed E-state index contributed by atoms with van der Waals surface area (Å²) in [6.45, 7) is 1.12. The Morgan fingerprint density at radius 1 is 1.38 bits per heavy atom. The molecule has 0 unspecified atom stereocenters. The van der Waals surface area contributed by atoms with Crippen LogP contribution in [0, 0.1) is 5.92 Å². The van der Waals surface area contributed by atoms with Crippen molar-refractivity contribution in [1.82, 2.24) is 4.31 Å². The Bertz CT molecular complexity index is 246. The van der Waals surface area contributed by atoms with E-state index in [0.717, 1.165) is 12.8 Å². The molecule has 0 aliphatic carbocycles. The maximum absolute atomic E-state index is 11.3. The van der Waals surface area contributed by atoms with Crippen LogP contribution in [-0.2, 0) is 10.0 Å². The van der Waals surface area contributed by atoms with Crippen molar-refractivity contribution in [1.29, 1.82) is 0 Å². The summed E-state index contributed by atoms with van der Waals surface area (Å²) in [4.78, 5) is 0. The van der Waals surface area contributed by atoms with Crippen molar-refractivity contribution in [3.63, 3.8) is 0 Å². The van der Waals surface area contributed by atoms with Crippen molar-refractivity contribution < 1.29 is 13.5 Å². The van der Waals surface area contributed by atoms with Gasteiger partial charge in [0.25, 0.3) is 0 Å². The van der Waals surface area contributed by atoms with Crippen molar-refractivity contribution >= 4 is 21.6 Å². The number of hydrogen-bond donors (Lipinski definition) is 1. The van der Waals surface area contributed by atoms with Crippen molar-refractivity contribution in [3.05, 3.63) is 0 Å². The van der Waals surface area contributed by atoms with Gasteiger partial charge in [0.2, 0.25) is 10.0 Å². The Kier molecular flexibility index (Phi) is 3.97. The molecule has 6 heteroatoms. The van der Waals surface area contributed by atoms with Crippen LogP contribution in [0.25, 0.3) is 0 Å². The van der Waals surface area contributed by atoms with E-state index in [4.69, 9.17) is 16.7 Å². The van der Waals surface area contributed by atoms with Crippen molar-refractivity contribution in [3.8, 4) is 0 Å². The zero-order valence-corrected chi connectivity index (χ0v) is 8.89. The van der Waals surface area contributed by atoms with E-state index in [-0.39, 0.29) is 17.7 Å². The number of alkyl halides is 1. The SMILES string of the molecule is O=S(=O)(CCl)N1CCC(CO)CC1. The predicted molar refractivity (Wildman–Crippen MR) is 51.0 cm³/mol. The third-order valence-electron chi connectivity index (χ3n) is 2.36. The summed E-state index contributed by atoms with van der Waals surface area (Å²) < 4.78 is 24.0. The fourth-order valence-corrected chi connectivity index (χ4v) is 2.76. The second kappa shape index (κ2) is 4.59. The quantitative estimate of drug-likeness (QED) is 0.702. The number of nitrogens with zero attached hydrogens (tertiary/aromatic N) is 1. The van der Waals surface area contributed by atoms with Crippen LogP contribution >= 0.6 is 11.6 Å². The van der Waals surface area contributed by atoms with E-state index in [9.17, 15) is 8.42 Å². The highest BCUT2D eigenvalue weighted by Gasteiger charge is 2.26. The van der Waals surface area contributed by atoms with Gasteiger partial charge >= 0.3 is 0 Å². The van der Waals surface area contributed by atoms with Gasteiger partial charge in [-0.25, -0.2) is 12.7 Å². The van der Waals surface area contributed by atoms with Crippen LogP contribution in [0.3, 0.4) is 0 Å². The van der Waals surface area contributed by atoms with E-state index >= 15 is 0 Å². The van der Waals surface area contributed by atoms with Gasteiger partial charge in [-0.1, -0.05) is 0 Å². The molecule has 1 N–H and O–H groups in total. The fraction of sp³-hybridized carbons (Fsp3) is 1.00. The van der Waals surface area contributed by atoms with Crippen LogP contribution in [-0.4, -0.2) is 42.7 Å². The Balaban J connectivity index is 2.50. The summed E-state index contributed by atoms with van der Waals surface area (Å²) in [6, 6.07) is 0. The van der Waals surface area contributed by atoms with Crippen LogP contribution in [0.15, 0.2) is 0 Å². The maximum atomic E-state index is 11.3. The minimum Gasteiger partial charge on any atom is -0.396 e. The highest BCUT2D eigenvalue weighted by atomic mass is 35.5. The largest absolute Gasteiger partial charge is 0.396 e. The zero-order chi connectivity index (χ0) is 9.90. The van der Waals surface area contributed by atoms with Crippen LogP contribution in [0.2, 0.25) is 0 Å². The molecule has 0 bridgehead atoms. The van der Waals surface area contributed by atoms with Gasteiger partial charge < -0.3 is 5.11 Å². The highest BCUT2D eigenvalue weighted by Crippen LogP contribution is 2.19. The van der Waals surface area contributed by atoms with Crippen LogP contribution < -0.4 is 0 Å². The minimum absolute atomic E-state index is 0.148. The third-order valence-corrected chi connectivity index (χ3v) is 4.62. The molecule has 13 heavy (non-hydrogen) atoms. The van der Waals surface area contributed by atoms with Crippen molar-refractivity contribution in [2.45, 2.75) is 12.8 Å². The number of aliphatic hydroxyl groups excluding tert-OH is 1. The van der Waals surface area contributed by atoms with Gasteiger partial charge in [-0.05, 0) is 18.8 Å². The first kappa shape index (κ1) is 11.2. The Morgan fingerprint density at radius 2 is 1.92 bits per heavy atom. The second-order valence-electron chi connectivity index (χ2n) is 3.25. The molecule has 1 saturated heterocycles. The van der Waals surface area contributed by atoms with E-state index in [1.165, 1.54) is 4.31 Å². The molecule has 0 saturated carbocycles. The van der Waals surface area contributed by atoms with Gasteiger partial charge in [0.1, 0.15) is 5.21 Å². The average Bonchev–Trinajstić information content (AvgIpc) is 2.18. The van der Waals surface area contributed by atoms with Crippen LogP contribution in [0.1, 0.15) is 12.8 Å². The molecule has 0 radical (unpaired) electrons. The normalized spacial score (nSPS) is 22.0. The molecule has 0 aromatic rings. The molecule has 0 aromatic heterocycles. The average molecular weight is 228 g/mol. The van der Waals surface area contributed by atoms with Gasteiger partial charge in [-0.15, -0.1) is 11.6 Å². The monoisotopic (exact) mass is 227 g/mol. The lowest BCUT2D eigenvalue weighted by molar-refractivity contribution is 0.170. The Hall–Kier alpha value is 0.160. The molecule has 78 valence electrons. The molecule has 0 atom stereocenters. The lowest BCUT2D eigenvalue weighted by Crippen LogP contribution is -2.39. The van der Waals surface area contributed by atoms with E-state index in [0.29, 0.717) is 13.1 Å². The molecule has 1 heterocycles. The first-order chi connectivity index (χ1) is 6.10. The van der Waals surface area contributed by atoms with Crippen LogP contribution in [0.4, 0.5) is 0 Å². The third kappa shape index (κ3) is 2.80. The molecular formula is C7H14ClNO3S. The summed E-state index contributed by atoms with van der Waals surface area (Å²) in [5.41, 5.74) is 0. The second-order valence-corrected chi connectivity index (χ2v) is 5.80. The molecule has 0 amide bonds. The van der Waals surface area contributed by atoms with Gasteiger partial charge in [0.15, 0.2) is 0 Å². The van der Waals surface area contributed by atoms with E-state index < -0.39 is 10.0 Å². The minimum atomic E-state index is -3.24. The van der Waals surface area contributed by atoms with Crippen molar-refractivity contribution in [2.75, 3.05) is 24.9 Å². The lowest BCUT2D eigenvalue weighted by atomic mass is 10.00. The molecule has 4 nitrogen and oxygen atoms in total. The summed E-state index contributed by atoms with van der Waals surface area (Å²) in [7, 11) is -3.24. The zero-order valence-electron chi connectivity index (χ0n) is 7.32. The molecule has 0 aromatic carbocycles. The molecule has 1 rings (SSSR count). The maximum Gasteiger partial charge on any atom is 0.228 e. The molecule has 1 aliphatic rings. The fourth-order valence-electron chi connectivity index (χ4n) is 1.44. The summed E-state index contributed by atoms with van der Waals surface area (Å²) in [5.74, 6) is 0.252. The number of sulfonamides is 1. The van der Waals surface area contributed by atoms with Gasteiger partial charge in [-0.2, -0.15) is 0 Å². The van der Waals surface area contributed by atoms with Crippen LogP contribution in [0.5, 0.6) is 0 Å². The molecular weight excluding hydrogens is 214 g/mol. The number of halogens is 1. The van der Waals surface area contributed by atoms with Gasteiger partial charge in [0, 0.05) is 19.7 Å². The van der Waals surface area contributed by atoms with E-state index in [1.54, 1.807) is 0 Å². The highest BCUT2D eigenvalue weighted by molar-refractivity contribution is 7.90. The smallest absolute Gasteiger partial charge is 0.228 e. The molecule has 1 aliphatic heterocycles. The summed E-state index contributed by atoms with van der Waals surface area (Å²) in [6.07, 6.45) is 1.46. The summed E-state index contributed by atoms with van der Waals surface area (Å²) >= 11 is 5.32. The van der Waals surface area contributed by atoms with E-state index in [1.807, 2.05) is 0 Å². The number of hydrogen-bond acceptors (Lipinski definition) is 3. The van der Waals surface area contributed by atoms with E-state index in [2.05, 4.69) is 0 Å². The summed E-state index contributed by atoms with van der Waals surface area (Å²) in [5, 5.41) is 8.49. The number of aliphatic hydroxyl groups is 1. The standard InChI is InChI=1S/C7H14ClNO3S/c8-6-13(11,12)9-3-1-7(5-10)2-4-9/h7,10H,1-6H2. The first-order valence-electron chi connectivity index (χ1n) is 4.25.